The Morgan fingerprint density at radius 2 is 1.43 bits per heavy atom. The summed E-state index contributed by atoms with van der Waals surface area (Å²) in [6.07, 6.45) is 0. The van der Waals surface area contributed by atoms with Gasteiger partial charge in [-0.2, -0.15) is 0 Å². The van der Waals surface area contributed by atoms with Gasteiger partial charge in [-0.3, -0.25) is 24.2 Å². The Hall–Kier alpha value is -3.97. The monoisotopic (exact) mass is 469 g/mol. The Kier molecular flexibility index (Phi) is 6.33. The lowest BCUT2D eigenvalue weighted by Gasteiger charge is -2.35. The minimum Gasteiger partial charge on any atom is -0.497 e. The van der Waals surface area contributed by atoms with Gasteiger partial charge in [0.15, 0.2) is 0 Å². The van der Waals surface area contributed by atoms with E-state index in [1.165, 1.54) is 10.5 Å². The van der Waals surface area contributed by atoms with E-state index in [1.807, 2.05) is 23.1 Å². The van der Waals surface area contributed by atoms with Gasteiger partial charge in [0, 0.05) is 38.3 Å². The fourth-order valence-corrected chi connectivity index (χ4v) is 4.65. The van der Waals surface area contributed by atoms with Crippen LogP contribution in [-0.4, -0.2) is 65.7 Å². The van der Waals surface area contributed by atoms with E-state index in [0.717, 1.165) is 30.9 Å². The van der Waals surface area contributed by atoms with Crippen LogP contribution in [0, 0.1) is 0 Å². The molecule has 2 heterocycles. The summed E-state index contributed by atoms with van der Waals surface area (Å²) in [6, 6.07) is 22.1. The second-order valence-corrected chi connectivity index (χ2v) is 8.86. The molecule has 0 aliphatic carbocycles. The van der Waals surface area contributed by atoms with Crippen molar-refractivity contribution in [2.75, 3.05) is 33.3 Å². The first-order valence-corrected chi connectivity index (χ1v) is 11.7. The van der Waals surface area contributed by atoms with Gasteiger partial charge in [0.2, 0.25) is 0 Å². The molecule has 2 aliphatic rings. The number of rotatable bonds is 6. The minimum absolute atomic E-state index is 0.0293. The third-order valence-corrected chi connectivity index (χ3v) is 6.62. The van der Waals surface area contributed by atoms with Crippen molar-refractivity contribution in [3.05, 3.63) is 101 Å². The molecule has 0 unspecified atom stereocenters. The Morgan fingerprint density at radius 3 is 2.06 bits per heavy atom. The molecule has 2 aliphatic heterocycles. The normalized spacial score (nSPS) is 15.9. The smallest absolute Gasteiger partial charge is 0.261 e. The van der Waals surface area contributed by atoms with Crippen LogP contribution in [0.15, 0.2) is 72.8 Å². The predicted octanol–water partition coefficient (Wildman–Crippen LogP) is 3.45. The average Bonchev–Trinajstić information content (AvgIpc) is 3.14. The lowest BCUT2D eigenvalue weighted by molar-refractivity contribution is 0.0626. The molecule has 0 aromatic heterocycles. The maximum absolute atomic E-state index is 13.2. The van der Waals surface area contributed by atoms with Gasteiger partial charge < -0.3 is 9.64 Å². The molecule has 178 valence electrons. The number of amides is 3. The maximum atomic E-state index is 13.2. The fourth-order valence-electron chi connectivity index (χ4n) is 4.65. The average molecular weight is 470 g/mol. The molecule has 0 atom stereocenters. The summed E-state index contributed by atoms with van der Waals surface area (Å²) in [5.41, 5.74) is 3.40. The molecule has 7 heteroatoms. The van der Waals surface area contributed by atoms with E-state index in [2.05, 4.69) is 17.0 Å². The number of nitrogens with zero attached hydrogens (tertiary/aromatic N) is 3. The SMILES string of the molecule is COc1ccc(CN2CCN(C(=O)c3cccc(CN4C(=O)c5ccccc5C4=O)c3)CC2)cc1. The first-order valence-electron chi connectivity index (χ1n) is 11.7. The first kappa shape index (κ1) is 22.8. The van der Waals surface area contributed by atoms with Gasteiger partial charge in [0.05, 0.1) is 24.8 Å². The van der Waals surface area contributed by atoms with Gasteiger partial charge in [-0.25, -0.2) is 0 Å². The highest BCUT2D eigenvalue weighted by molar-refractivity contribution is 6.21. The van der Waals surface area contributed by atoms with Crippen LogP contribution in [0.1, 0.15) is 42.2 Å². The topological polar surface area (TPSA) is 70.2 Å². The van der Waals surface area contributed by atoms with Crippen molar-refractivity contribution in [2.45, 2.75) is 13.1 Å². The molecule has 3 amide bonds. The largest absolute Gasteiger partial charge is 0.497 e. The number of hydrogen-bond acceptors (Lipinski definition) is 5. The zero-order chi connectivity index (χ0) is 24.4. The summed E-state index contributed by atoms with van der Waals surface area (Å²) in [4.78, 5) is 44.0. The standard InChI is InChI=1S/C28H27N3O4/c1-35-23-11-9-20(10-12-23)18-29-13-15-30(16-14-29)26(32)22-6-4-5-21(17-22)19-31-27(33)24-7-2-3-8-25(24)28(31)34/h2-12,17H,13-16,18-19H2,1H3. The minimum atomic E-state index is -0.296. The van der Waals surface area contributed by atoms with Crippen molar-refractivity contribution < 1.29 is 19.1 Å². The number of methoxy groups -OCH3 is 1. The fraction of sp³-hybridized carbons (Fsp3) is 0.250. The van der Waals surface area contributed by atoms with Crippen molar-refractivity contribution in [1.29, 1.82) is 0 Å². The van der Waals surface area contributed by atoms with Crippen molar-refractivity contribution in [2.24, 2.45) is 0 Å². The third kappa shape index (κ3) is 4.68. The van der Waals surface area contributed by atoms with E-state index in [0.29, 0.717) is 29.8 Å². The third-order valence-electron chi connectivity index (χ3n) is 6.62. The number of imide groups is 1. The Labute approximate surface area is 204 Å². The van der Waals surface area contributed by atoms with Crippen LogP contribution in [0.2, 0.25) is 0 Å². The van der Waals surface area contributed by atoms with E-state index >= 15 is 0 Å². The number of carbonyl (C=O) groups is 3. The van der Waals surface area contributed by atoms with Crippen molar-refractivity contribution in [3.63, 3.8) is 0 Å². The summed E-state index contributed by atoms with van der Waals surface area (Å²) in [5, 5.41) is 0. The zero-order valence-electron chi connectivity index (χ0n) is 19.6. The molecule has 3 aromatic carbocycles. The number of benzene rings is 3. The highest BCUT2D eigenvalue weighted by atomic mass is 16.5. The molecular weight excluding hydrogens is 442 g/mol. The van der Waals surface area contributed by atoms with E-state index in [9.17, 15) is 14.4 Å². The number of hydrogen-bond donors (Lipinski definition) is 0. The van der Waals surface area contributed by atoms with Gasteiger partial charge in [0.1, 0.15) is 5.75 Å². The summed E-state index contributed by atoms with van der Waals surface area (Å²) in [6.45, 7) is 3.87. The summed E-state index contributed by atoms with van der Waals surface area (Å²) >= 11 is 0. The molecule has 0 saturated carbocycles. The van der Waals surface area contributed by atoms with E-state index in [-0.39, 0.29) is 24.3 Å². The quantitative estimate of drug-likeness (QED) is 0.518. The highest BCUT2D eigenvalue weighted by Crippen LogP contribution is 2.24. The van der Waals surface area contributed by atoms with E-state index in [1.54, 1.807) is 49.6 Å². The number of carbonyl (C=O) groups excluding carboxylic acids is 3. The van der Waals surface area contributed by atoms with Crippen LogP contribution in [0.25, 0.3) is 0 Å². The lowest BCUT2D eigenvalue weighted by Crippen LogP contribution is -2.48. The van der Waals surface area contributed by atoms with E-state index < -0.39 is 0 Å². The summed E-state index contributed by atoms with van der Waals surface area (Å²) < 4.78 is 5.22. The molecule has 1 saturated heterocycles. The van der Waals surface area contributed by atoms with Crippen LogP contribution in [-0.2, 0) is 13.1 Å². The molecule has 0 spiro atoms. The molecule has 0 bridgehead atoms. The molecule has 7 nitrogen and oxygen atoms in total. The van der Waals surface area contributed by atoms with Crippen molar-refractivity contribution in [1.82, 2.24) is 14.7 Å². The number of ether oxygens (including phenoxy) is 1. The van der Waals surface area contributed by atoms with Crippen molar-refractivity contribution >= 4 is 17.7 Å². The molecule has 0 radical (unpaired) electrons. The molecule has 3 aromatic rings. The number of fused-ring (bicyclic) bond motifs is 1. The highest BCUT2D eigenvalue weighted by Gasteiger charge is 2.35. The van der Waals surface area contributed by atoms with E-state index in [4.69, 9.17) is 4.74 Å². The molecule has 1 fully saturated rings. The Bertz CT molecular complexity index is 1230. The molecule has 5 rings (SSSR count). The van der Waals surface area contributed by atoms with Crippen LogP contribution >= 0.6 is 0 Å². The molecule has 0 N–H and O–H groups in total. The van der Waals surface area contributed by atoms with Gasteiger partial charge in [0.25, 0.3) is 17.7 Å². The second-order valence-electron chi connectivity index (χ2n) is 8.86. The summed E-state index contributed by atoms with van der Waals surface area (Å²) in [7, 11) is 1.66. The van der Waals surface area contributed by atoms with Crippen LogP contribution < -0.4 is 4.74 Å². The Balaban J connectivity index is 1.20. The molecule has 35 heavy (non-hydrogen) atoms. The second kappa shape index (κ2) is 9.72. The maximum Gasteiger partial charge on any atom is 0.261 e. The van der Waals surface area contributed by atoms with Crippen LogP contribution in [0.5, 0.6) is 5.75 Å². The van der Waals surface area contributed by atoms with Gasteiger partial charge in [-0.05, 0) is 47.5 Å². The summed E-state index contributed by atoms with van der Waals surface area (Å²) in [5.74, 6) is 0.221. The lowest BCUT2D eigenvalue weighted by atomic mass is 10.1. The van der Waals surface area contributed by atoms with Gasteiger partial charge >= 0.3 is 0 Å². The predicted molar refractivity (Wildman–Crippen MR) is 131 cm³/mol. The van der Waals surface area contributed by atoms with Crippen LogP contribution in [0.3, 0.4) is 0 Å². The number of piperazine rings is 1. The van der Waals surface area contributed by atoms with Gasteiger partial charge in [-0.15, -0.1) is 0 Å². The van der Waals surface area contributed by atoms with Crippen LogP contribution in [0.4, 0.5) is 0 Å². The van der Waals surface area contributed by atoms with Gasteiger partial charge in [-0.1, -0.05) is 36.4 Å². The molecular formula is C28H27N3O4. The van der Waals surface area contributed by atoms with Crippen molar-refractivity contribution in [3.8, 4) is 5.75 Å². The Morgan fingerprint density at radius 1 is 0.771 bits per heavy atom. The first-order chi connectivity index (χ1) is 17.0. The zero-order valence-corrected chi connectivity index (χ0v) is 19.6.